The van der Waals surface area contributed by atoms with Crippen LogP contribution in [0.3, 0.4) is 0 Å². The van der Waals surface area contributed by atoms with Crippen molar-refractivity contribution < 1.29 is 4.74 Å². The zero-order valence-corrected chi connectivity index (χ0v) is 12.3. The van der Waals surface area contributed by atoms with Gasteiger partial charge in [-0.3, -0.25) is 0 Å². The Morgan fingerprint density at radius 1 is 1.15 bits per heavy atom. The van der Waals surface area contributed by atoms with Crippen LogP contribution in [-0.4, -0.2) is 13.2 Å². The molecule has 2 nitrogen and oxygen atoms in total. The summed E-state index contributed by atoms with van der Waals surface area (Å²) < 4.78 is 5.31. The first-order valence-corrected chi connectivity index (χ1v) is 8.21. The molecule has 1 N–H and O–H groups in total. The molecule has 20 heavy (non-hydrogen) atoms. The molecule has 3 saturated carbocycles. The van der Waals surface area contributed by atoms with Gasteiger partial charge in [0.05, 0.1) is 7.11 Å². The van der Waals surface area contributed by atoms with E-state index in [2.05, 4.69) is 23.5 Å². The average Bonchev–Trinajstić information content (AvgIpc) is 3.17. The first kappa shape index (κ1) is 12.7. The molecule has 2 bridgehead atoms. The molecule has 2 heteroatoms. The molecule has 0 spiro atoms. The first-order valence-electron chi connectivity index (χ1n) is 8.21. The minimum absolute atomic E-state index is 0.769. The van der Waals surface area contributed by atoms with Crippen LogP contribution in [0.25, 0.3) is 0 Å². The summed E-state index contributed by atoms with van der Waals surface area (Å²) in [5.74, 6) is 5.12. The smallest absolute Gasteiger partial charge is 0.119 e. The van der Waals surface area contributed by atoms with Crippen LogP contribution >= 0.6 is 0 Å². The molecular weight excluding hydrogens is 246 g/mol. The molecule has 1 aromatic rings. The van der Waals surface area contributed by atoms with Crippen molar-refractivity contribution in [2.24, 2.45) is 23.7 Å². The number of benzene rings is 1. The second kappa shape index (κ2) is 5.07. The molecule has 3 fully saturated rings. The predicted octanol–water partition coefficient (Wildman–Crippen LogP) is 3.61. The van der Waals surface area contributed by atoms with E-state index in [1.165, 1.54) is 37.7 Å². The second-order valence-electron chi connectivity index (χ2n) is 6.99. The third-order valence-electron chi connectivity index (χ3n) is 6.13. The Hall–Kier alpha value is -1.02. The highest BCUT2D eigenvalue weighted by atomic mass is 16.5. The molecule has 0 aliphatic heterocycles. The van der Waals surface area contributed by atoms with Gasteiger partial charge in [0.1, 0.15) is 5.75 Å². The fourth-order valence-electron chi connectivity index (χ4n) is 5.33. The van der Waals surface area contributed by atoms with Gasteiger partial charge in [-0.25, -0.2) is 0 Å². The molecular formula is C18H25NO. The maximum absolute atomic E-state index is 5.31. The molecule has 4 rings (SSSR count). The standard InChI is InChI=1S/C18H25NO/c1-20-14-5-2-4-12(8-14)11-19-18-10-13-9-17(18)16-7-3-6-15(13)16/h2,4-5,8,13,15-19H,3,6-7,9-11H2,1H3. The lowest BCUT2D eigenvalue weighted by Gasteiger charge is -2.32. The maximum atomic E-state index is 5.31. The quantitative estimate of drug-likeness (QED) is 0.903. The molecule has 3 aliphatic rings. The molecule has 5 unspecified atom stereocenters. The topological polar surface area (TPSA) is 21.3 Å². The maximum Gasteiger partial charge on any atom is 0.119 e. The summed E-state index contributed by atoms with van der Waals surface area (Å²) in [5.41, 5.74) is 1.34. The summed E-state index contributed by atoms with van der Waals surface area (Å²) in [6, 6.07) is 9.22. The van der Waals surface area contributed by atoms with Gasteiger partial charge in [0.15, 0.2) is 0 Å². The Bertz CT molecular complexity index is 486. The summed E-state index contributed by atoms with van der Waals surface area (Å²) >= 11 is 0. The van der Waals surface area contributed by atoms with Crippen molar-refractivity contribution >= 4 is 0 Å². The van der Waals surface area contributed by atoms with Gasteiger partial charge in [-0.1, -0.05) is 18.6 Å². The van der Waals surface area contributed by atoms with E-state index in [4.69, 9.17) is 4.74 Å². The van der Waals surface area contributed by atoms with Crippen molar-refractivity contribution in [1.82, 2.24) is 5.32 Å². The molecule has 108 valence electrons. The van der Waals surface area contributed by atoms with Crippen LogP contribution in [0.2, 0.25) is 0 Å². The van der Waals surface area contributed by atoms with Crippen molar-refractivity contribution in [3.8, 4) is 5.75 Å². The van der Waals surface area contributed by atoms with Gasteiger partial charge in [-0.15, -0.1) is 0 Å². The fourth-order valence-corrected chi connectivity index (χ4v) is 5.33. The third kappa shape index (κ3) is 2.05. The lowest BCUT2D eigenvalue weighted by atomic mass is 9.79. The third-order valence-corrected chi connectivity index (χ3v) is 6.13. The van der Waals surface area contributed by atoms with E-state index in [-0.39, 0.29) is 0 Å². The lowest BCUT2D eigenvalue weighted by Crippen LogP contribution is -2.38. The molecule has 1 aromatic carbocycles. The number of nitrogens with one attached hydrogen (secondary N) is 1. The molecule has 0 radical (unpaired) electrons. The minimum atomic E-state index is 0.769. The monoisotopic (exact) mass is 271 g/mol. The van der Waals surface area contributed by atoms with Crippen molar-refractivity contribution in [2.75, 3.05) is 7.11 Å². The van der Waals surface area contributed by atoms with E-state index in [0.29, 0.717) is 0 Å². The van der Waals surface area contributed by atoms with Gasteiger partial charge in [0.25, 0.3) is 0 Å². The highest BCUT2D eigenvalue weighted by molar-refractivity contribution is 5.28. The van der Waals surface area contributed by atoms with E-state index in [1.54, 1.807) is 7.11 Å². The molecule has 0 amide bonds. The van der Waals surface area contributed by atoms with Gasteiger partial charge < -0.3 is 10.1 Å². The summed E-state index contributed by atoms with van der Waals surface area (Å²) in [6.45, 7) is 0.989. The van der Waals surface area contributed by atoms with E-state index in [1.807, 2.05) is 6.07 Å². The highest BCUT2D eigenvalue weighted by Crippen LogP contribution is 2.58. The molecule has 3 aliphatic carbocycles. The van der Waals surface area contributed by atoms with Crippen LogP contribution in [0.4, 0.5) is 0 Å². The van der Waals surface area contributed by atoms with Gasteiger partial charge in [0.2, 0.25) is 0 Å². The van der Waals surface area contributed by atoms with Gasteiger partial charge >= 0.3 is 0 Å². The lowest BCUT2D eigenvalue weighted by molar-refractivity contribution is 0.208. The fraction of sp³-hybridized carbons (Fsp3) is 0.667. The van der Waals surface area contributed by atoms with Crippen molar-refractivity contribution in [2.45, 2.75) is 44.7 Å². The van der Waals surface area contributed by atoms with E-state index in [9.17, 15) is 0 Å². The van der Waals surface area contributed by atoms with Crippen LogP contribution in [-0.2, 0) is 6.54 Å². The predicted molar refractivity (Wildman–Crippen MR) is 80.7 cm³/mol. The van der Waals surface area contributed by atoms with Gasteiger partial charge in [-0.2, -0.15) is 0 Å². The summed E-state index contributed by atoms with van der Waals surface area (Å²) in [4.78, 5) is 0. The Morgan fingerprint density at radius 3 is 2.95 bits per heavy atom. The van der Waals surface area contributed by atoms with Crippen LogP contribution < -0.4 is 10.1 Å². The van der Waals surface area contributed by atoms with Crippen molar-refractivity contribution in [3.63, 3.8) is 0 Å². The van der Waals surface area contributed by atoms with Crippen molar-refractivity contribution in [3.05, 3.63) is 29.8 Å². The van der Waals surface area contributed by atoms with Crippen LogP contribution in [0.1, 0.15) is 37.7 Å². The molecule has 0 heterocycles. The average molecular weight is 271 g/mol. The highest BCUT2D eigenvalue weighted by Gasteiger charge is 2.53. The Morgan fingerprint density at radius 2 is 2.05 bits per heavy atom. The summed E-state index contributed by atoms with van der Waals surface area (Å²) in [6.07, 6.45) is 7.45. The zero-order valence-electron chi connectivity index (χ0n) is 12.3. The van der Waals surface area contributed by atoms with E-state index in [0.717, 1.165) is 42.0 Å². The van der Waals surface area contributed by atoms with Gasteiger partial charge in [0, 0.05) is 12.6 Å². The zero-order chi connectivity index (χ0) is 13.5. The van der Waals surface area contributed by atoms with Gasteiger partial charge in [-0.05, 0) is 67.1 Å². The molecule has 0 saturated heterocycles. The number of rotatable bonds is 4. The SMILES string of the molecule is COc1cccc(CNC2CC3CC2C2CCCC32)c1. The van der Waals surface area contributed by atoms with Crippen LogP contribution in [0.5, 0.6) is 5.75 Å². The van der Waals surface area contributed by atoms with E-state index < -0.39 is 0 Å². The number of hydrogen-bond donors (Lipinski definition) is 1. The van der Waals surface area contributed by atoms with Crippen LogP contribution in [0.15, 0.2) is 24.3 Å². The van der Waals surface area contributed by atoms with E-state index >= 15 is 0 Å². The Kier molecular flexibility index (Phi) is 3.22. The number of methoxy groups -OCH3 is 1. The van der Waals surface area contributed by atoms with Crippen LogP contribution in [0, 0.1) is 23.7 Å². The Labute approximate surface area is 121 Å². The minimum Gasteiger partial charge on any atom is -0.497 e. The largest absolute Gasteiger partial charge is 0.497 e. The second-order valence-corrected chi connectivity index (χ2v) is 6.99. The number of ether oxygens (including phenoxy) is 1. The first-order chi connectivity index (χ1) is 9.85. The normalized spacial score (nSPS) is 38.1. The molecule has 0 aromatic heterocycles. The summed E-state index contributed by atoms with van der Waals surface area (Å²) in [7, 11) is 1.74. The summed E-state index contributed by atoms with van der Waals surface area (Å²) in [5, 5.41) is 3.84. The van der Waals surface area contributed by atoms with Crippen molar-refractivity contribution in [1.29, 1.82) is 0 Å². The molecule has 5 atom stereocenters. The Balaban J connectivity index is 1.38. The number of fused-ring (bicyclic) bond motifs is 5. The number of hydrogen-bond acceptors (Lipinski definition) is 2.